The van der Waals surface area contributed by atoms with Gasteiger partial charge in [-0.1, -0.05) is 0 Å². The Morgan fingerprint density at radius 3 is 2.38 bits per heavy atom. The Hall–Kier alpha value is -1.96. The molecular weight excluding hydrogens is 223 g/mol. The third-order valence-corrected chi connectivity index (χ3v) is 1.93. The van der Waals surface area contributed by atoms with Crippen LogP contribution in [-0.4, -0.2) is 20.2 Å². The lowest BCUT2D eigenvalue weighted by Crippen LogP contribution is -2.09. The van der Waals surface area contributed by atoms with Crippen LogP contribution in [0.3, 0.4) is 0 Å². The summed E-state index contributed by atoms with van der Waals surface area (Å²) in [7, 11) is 0. The largest absolute Gasteiger partial charge is 0.324 e. The SMILES string of the molecule is NCc1nnnn1-c1cc(F)c(F)c(F)c1. The lowest BCUT2D eigenvalue weighted by Gasteiger charge is -2.04. The Morgan fingerprint density at radius 1 is 1.19 bits per heavy atom. The second-order valence-electron chi connectivity index (χ2n) is 2.93. The van der Waals surface area contributed by atoms with Crippen LogP contribution in [0, 0.1) is 17.5 Å². The molecule has 0 bridgehead atoms. The predicted octanol–water partition coefficient (Wildman–Crippen LogP) is 0.538. The molecule has 0 spiro atoms. The zero-order chi connectivity index (χ0) is 11.7. The number of nitrogens with two attached hydrogens (primary N) is 1. The number of nitrogens with zero attached hydrogens (tertiary/aromatic N) is 4. The summed E-state index contributed by atoms with van der Waals surface area (Å²) in [6.07, 6.45) is 0. The van der Waals surface area contributed by atoms with Crippen LogP contribution in [0.25, 0.3) is 5.69 Å². The van der Waals surface area contributed by atoms with Crippen LogP contribution in [0.1, 0.15) is 5.82 Å². The third-order valence-electron chi connectivity index (χ3n) is 1.93. The molecule has 0 aliphatic rings. The number of rotatable bonds is 2. The molecule has 0 saturated heterocycles. The first kappa shape index (κ1) is 10.6. The smallest absolute Gasteiger partial charge is 0.194 e. The van der Waals surface area contributed by atoms with Crippen LogP contribution in [0.2, 0.25) is 0 Å². The van der Waals surface area contributed by atoms with E-state index in [4.69, 9.17) is 5.73 Å². The molecule has 16 heavy (non-hydrogen) atoms. The van der Waals surface area contributed by atoms with E-state index in [-0.39, 0.29) is 18.1 Å². The number of benzene rings is 1. The highest BCUT2D eigenvalue weighted by molar-refractivity contribution is 5.33. The second-order valence-corrected chi connectivity index (χ2v) is 2.93. The molecule has 1 heterocycles. The summed E-state index contributed by atoms with van der Waals surface area (Å²) in [5.74, 6) is -3.95. The first-order chi connectivity index (χ1) is 7.63. The summed E-state index contributed by atoms with van der Waals surface area (Å²) < 4.78 is 39.6. The molecule has 8 heteroatoms. The van der Waals surface area contributed by atoms with Crippen molar-refractivity contribution in [2.45, 2.75) is 6.54 Å². The molecule has 84 valence electrons. The Balaban J connectivity index is 2.57. The van der Waals surface area contributed by atoms with Crippen LogP contribution >= 0.6 is 0 Å². The quantitative estimate of drug-likeness (QED) is 0.763. The van der Waals surface area contributed by atoms with Crippen molar-refractivity contribution in [3.63, 3.8) is 0 Å². The van der Waals surface area contributed by atoms with Gasteiger partial charge in [0.25, 0.3) is 0 Å². The van der Waals surface area contributed by atoms with Gasteiger partial charge in [-0.25, -0.2) is 13.2 Å². The molecule has 0 atom stereocenters. The van der Waals surface area contributed by atoms with Gasteiger partial charge in [0.05, 0.1) is 12.2 Å². The summed E-state index contributed by atoms with van der Waals surface area (Å²) in [6.45, 7) is -0.00633. The maximum Gasteiger partial charge on any atom is 0.194 e. The van der Waals surface area contributed by atoms with Gasteiger partial charge in [0, 0.05) is 12.1 Å². The van der Waals surface area contributed by atoms with E-state index in [1.165, 1.54) is 0 Å². The first-order valence-corrected chi connectivity index (χ1v) is 4.25. The monoisotopic (exact) mass is 229 g/mol. The van der Waals surface area contributed by atoms with Gasteiger partial charge >= 0.3 is 0 Å². The van der Waals surface area contributed by atoms with Gasteiger partial charge in [0.2, 0.25) is 0 Å². The van der Waals surface area contributed by atoms with E-state index in [0.717, 1.165) is 16.8 Å². The van der Waals surface area contributed by atoms with Gasteiger partial charge in [0.1, 0.15) is 0 Å². The molecule has 2 rings (SSSR count). The summed E-state index contributed by atoms with van der Waals surface area (Å²) in [4.78, 5) is 0. The maximum atomic E-state index is 12.9. The topological polar surface area (TPSA) is 69.6 Å². The van der Waals surface area contributed by atoms with Gasteiger partial charge in [-0.05, 0) is 10.4 Å². The zero-order valence-corrected chi connectivity index (χ0v) is 7.86. The molecule has 0 saturated carbocycles. The average molecular weight is 229 g/mol. The molecular formula is C8H6F3N5. The number of halogens is 3. The highest BCUT2D eigenvalue weighted by atomic mass is 19.2. The molecule has 2 aromatic rings. The highest BCUT2D eigenvalue weighted by Gasteiger charge is 2.14. The normalized spacial score (nSPS) is 10.8. The molecule has 0 amide bonds. The average Bonchev–Trinajstić information content (AvgIpc) is 2.73. The van der Waals surface area contributed by atoms with Crippen molar-refractivity contribution in [3.05, 3.63) is 35.4 Å². The van der Waals surface area contributed by atoms with E-state index in [0.29, 0.717) is 0 Å². The molecule has 0 aliphatic carbocycles. The van der Waals surface area contributed by atoms with E-state index >= 15 is 0 Å². The Labute approximate surface area is 87.7 Å². The van der Waals surface area contributed by atoms with Crippen LogP contribution in [-0.2, 0) is 6.54 Å². The van der Waals surface area contributed by atoms with Crippen molar-refractivity contribution in [2.24, 2.45) is 5.73 Å². The minimum Gasteiger partial charge on any atom is -0.324 e. The standard InChI is InChI=1S/C8H6F3N5/c9-5-1-4(2-6(10)8(5)11)16-7(3-12)13-14-15-16/h1-2H,3,12H2. The summed E-state index contributed by atoms with van der Waals surface area (Å²) in [5, 5.41) is 10.3. The second kappa shape index (κ2) is 3.89. The fourth-order valence-electron chi connectivity index (χ4n) is 1.20. The van der Waals surface area contributed by atoms with Crippen LogP contribution in [0.4, 0.5) is 13.2 Å². The van der Waals surface area contributed by atoms with E-state index in [1.54, 1.807) is 0 Å². The molecule has 0 aliphatic heterocycles. The van der Waals surface area contributed by atoms with Crippen molar-refractivity contribution in [1.82, 2.24) is 20.2 Å². The summed E-state index contributed by atoms with van der Waals surface area (Å²) in [5.41, 5.74) is 5.29. The van der Waals surface area contributed by atoms with Gasteiger partial charge in [-0.3, -0.25) is 0 Å². The van der Waals surface area contributed by atoms with Crippen molar-refractivity contribution < 1.29 is 13.2 Å². The van der Waals surface area contributed by atoms with Crippen LogP contribution in [0.15, 0.2) is 12.1 Å². The van der Waals surface area contributed by atoms with Crippen LogP contribution in [0.5, 0.6) is 0 Å². The fourth-order valence-corrected chi connectivity index (χ4v) is 1.20. The van der Waals surface area contributed by atoms with E-state index in [9.17, 15) is 13.2 Å². The van der Waals surface area contributed by atoms with E-state index in [1.807, 2.05) is 0 Å². The fraction of sp³-hybridized carbons (Fsp3) is 0.125. The van der Waals surface area contributed by atoms with Gasteiger partial charge in [0.15, 0.2) is 23.3 Å². The Kier molecular flexibility index (Phi) is 2.57. The molecule has 0 fully saturated rings. The minimum atomic E-state index is -1.54. The van der Waals surface area contributed by atoms with Gasteiger partial charge in [-0.15, -0.1) is 5.10 Å². The highest BCUT2D eigenvalue weighted by Crippen LogP contribution is 2.16. The molecule has 2 N–H and O–H groups in total. The van der Waals surface area contributed by atoms with E-state index < -0.39 is 17.5 Å². The lowest BCUT2D eigenvalue weighted by atomic mass is 10.3. The molecule has 5 nitrogen and oxygen atoms in total. The van der Waals surface area contributed by atoms with Gasteiger partial charge < -0.3 is 5.73 Å². The number of aromatic nitrogens is 4. The third kappa shape index (κ3) is 1.63. The lowest BCUT2D eigenvalue weighted by molar-refractivity contribution is 0.445. The number of hydrogen-bond donors (Lipinski definition) is 1. The van der Waals surface area contributed by atoms with Crippen molar-refractivity contribution in [3.8, 4) is 5.69 Å². The summed E-state index contributed by atoms with van der Waals surface area (Å²) in [6, 6.07) is 1.57. The predicted molar refractivity (Wildman–Crippen MR) is 46.9 cm³/mol. The molecule has 1 aromatic carbocycles. The molecule has 0 unspecified atom stereocenters. The van der Waals surface area contributed by atoms with Crippen molar-refractivity contribution in [2.75, 3.05) is 0 Å². The Morgan fingerprint density at radius 2 is 1.81 bits per heavy atom. The zero-order valence-electron chi connectivity index (χ0n) is 7.86. The van der Waals surface area contributed by atoms with Crippen molar-refractivity contribution in [1.29, 1.82) is 0 Å². The van der Waals surface area contributed by atoms with Crippen molar-refractivity contribution >= 4 is 0 Å². The molecule has 1 aromatic heterocycles. The number of hydrogen-bond acceptors (Lipinski definition) is 4. The number of tetrazole rings is 1. The maximum absolute atomic E-state index is 12.9. The van der Waals surface area contributed by atoms with Gasteiger partial charge in [-0.2, -0.15) is 4.68 Å². The van der Waals surface area contributed by atoms with E-state index in [2.05, 4.69) is 15.5 Å². The first-order valence-electron chi connectivity index (χ1n) is 4.25. The molecule has 0 radical (unpaired) electrons. The minimum absolute atomic E-state index is 0.00633. The van der Waals surface area contributed by atoms with Crippen LogP contribution < -0.4 is 5.73 Å². The summed E-state index contributed by atoms with van der Waals surface area (Å²) >= 11 is 0. The Bertz CT molecular complexity index is 501.